The third-order valence-corrected chi connectivity index (χ3v) is 5.73. The predicted octanol–water partition coefficient (Wildman–Crippen LogP) is 2.96. The monoisotopic (exact) mass is 388 g/mol. The van der Waals surface area contributed by atoms with E-state index in [0.29, 0.717) is 11.3 Å². The van der Waals surface area contributed by atoms with Crippen molar-refractivity contribution in [2.75, 3.05) is 40.6 Å². The molecule has 1 aromatic heterocycles. The van der Waals surface area contributed by atoms with Crippen LogP contribution in [0.3, 0.4) is 0 Å². The first-order chi connectivity index (χ1) is 12.6. The van der Waals surface area contributed by atoms with Gasteiger partial charge in [-0.05, 0) is 19.1 Å². The lowest BCUT2D eigenvalue weighted by atomic mass is 10.1. The highest BCUT2D eigenvalue weighted by Crippen LogP contribution is 2.22. The molecule has 1 aliphatic rings. The summed E-state index contributed by atoms with van der Waals surface area (Å²) in [6.45, 7) is 3.47. The van der Waals surface area contributed by atoms with Gasteiger partial charge in [0.25, 0.3) is 0 Å². The second-order valence-corrected chi connectivity index (χ2v) is 8.01. The van der Waals surface area contributed by atoms with E-state index in [1.54, 1.807) is 30.6 Å². The molecule has 8 heteroatoms. The SMILES string of the molecule is CC(=O)c1cccc(NC(=O)CSc2cc(N3CCSCC3)ncn2)c1. The molecule has 1 aliphatic heterocycles. The molecule has 0 unspecified atom stereocenters. The molecule has 2 heterocycles. The number of thioether (sulfide) groups is 2. The van der Waals surface area contributed by atoms with Crippen LogP contribution in [0.4, 0.5) is 11.5 Å². The van der Waals surface area contributed by atoms with E-state index in [-0.39, 0.29) is 17.4 Å². The van der Waals surface area contributed by atoms with Crippen LogP contribution >= 0.6 is 23.5 Å². The fourth-order valence-electron chi connectivity index (χ4n) is 2.53. The molecule has 1 N–H and O–H groups in total. The molecule has 3 rings (SSSR count). The number of amides is 1. The van der Waals surface area contributed by atoms with Crippen LogP contribution in [-0.4, -0.2) is 52.0 Å². The number of nitrogens with one attached hydrogen (secondary N) is 1. The van der Waals surface area contributed by atoms with Crippen molar-refractivity contribution in [2.45, 2.75) is 11.9 Å². The molecule has 6 nitrogen and oxygen atoms in total. The maximum Gasteiger partial charge on any atom is 0.234 e. The molecule has 0 saturated carbocycles. The molecule has 0 aliphatic carbocycles. The minimum Gasteiger partial charge on any atom is -0.355 e. The summed E-state index contributed by atoms with van der Waals surface area (Å²) >= 11 is 3.33. The van der Waals surface area contributed by atoms with E-state index in [1.807, 2.05) is 17.8 Å². The zero-order chi connectivity index (χ0) is 18.4. The number of carbonyl (C=O) groups is 2. The van der Waals surface area contributed by atoms with Crippen LogP contribution in [0.15, 0.2) is 41.7 Å². The van der Waals surface area contributed by atoms with Gasteiger partial charge in [-0.1, -0.05) is 23.9 Å². The topological polar surface area (TPSA) is 75.2 Å². The minimum absolute atomic E-state index is 0.0277. The summed E-state index contributed by atoms with van der Waals surface area (Å²) in [5, 5.41) is 3.60. The smallest absolute Gasteiger partial charge is 0.234 e. The summed E-state index contributed by atoms with van der Waals surface area (Å²) < 4.78 is 0. The first-order valence-corrected chi connectivity index (χ1v) is 10.4. The van der Waals surface area contributed by atoms with E-state index in [1.165, 1.54) is 18.7 Å². The molecular weight excluding hydrogens is 368 g/mol. The van der Waals surface area contributed by atoms with Crippen molar-refractivity contribution in [3.63, 3.8) is 0 Å². The highest BCUT2D eigenvalue weighted by molar-refractivity contribution is 8.00. The van der Waals surface area contributed by atoms with Gasteiger partial charge in [-0.3, -0.25) is 9.59 Å². The Labute approximate surface area is 161 Å². The van der Waals surface area contributed by atoms with Crippen LogP contribution in [0.1, 0.15) is 17.3 Å². The maximum absolute atomic E-state index is 12.2. The molecule has 2 aromatic rings. The van der Waals surface area contributed by atoms with Gasteiger partial charge in [0.15, 0.2) is 5.78 Å². The van der Waals surface area contributed by atoms with Crippen molar-refractivity contribution < 1.29 is 9.59 Å². The number of benzene rings is 1. The molecule has 0 spiro atoms. The highest BCUT2D eigenvalue weighted by atomic mass is 32.2. The molecule has 136 valence electrons. The third kappa shape index (κ3) is 5.22. The highest BCUT2D eigenvalue weighted by Gasteiger charge is 2.13. The number of rotatable bonds is 6. The normalized spacial score (nSPS) is 14.1. The molecular formula is C18H20N4O2S2. The number of ketones is 1. The van der Waals surface area contributed by atoms with Crippen LogP contribution in [0.5, 0.6) is 0 Å². The Bertz CT molecular complexity index is 794. The van der Waals surface area contributed by atoms with Gasteiger partial charge in [0.2, 0.25) is 5.91 Å². The Balaban J connectivity index is 1.56. The second kappa shape index (κ2) is 9.05. The number of hydrogen-bond acceptors (Lipinski definition) is 7. The fraction of sp³-hybridized carbons (Fsp3) is 0.333. The third-order valence-electron chi connectivity index (χ3n) is 3.87. The number of anilines is 2. The molecule has 1 aromatic carbocycles. The van der Waals surface area contributed by atoms with Crippen LogP contribution < -0.4 is 10.2 Å². The van der Waals surface area contributed by atoms with Gasteiger partial charge >= 0.3 is 0 Å². The Morgan fingerprint density at radius 2 is 2.04 bits per heavy atom. The summed E-state index contributed by atoms with van der Waals surface area (Å²) in [7, 11) is 0. The Kier molecular flexibility index (Phi) is 6.51. The minimum atomic E-state index is -0.134. The second-order valence-electron chi connectivity index (χ2n) is 5.79. The number of hydrogen-bond donors (Lipinski definition) is 1. The summed E-state index contributed by atoms with van der Waals surface area (Å²) in [5.74, 6) is 3.21. The van der Waals surface area contributed by atoms with Gasteiger partial charge in [0, 0.05) is 41.9 Å². The number of aromatic nitrogens is 2. The van der Waals surface area contributed by atoms with Crippen molar-refractivity contribution in [1.82, 2.24) is 9.97 Å². The summed E-state index contributed by atoms with van der Waals surface area (Å²) in [6, 6.07) is 8.87. The van der Waals surface area contributed by atoms with E-state index in [9.17, 15) is 9.59 Å². The quantitative estimate of drug-likeness (QED) is 0.463. The van der Waals surface area contributed by atoms with Crippen molar-refractivity contribution in [1.29, 1.82) is 0 Å². The maximum atomic E-state index is 12.2. The number of Topliss-reactive ketones (excluding diaryl/α,β-unsaturated/α-hetero) is 1. The lowest BCUT2D eigenvalue weighted by Crippen LogP contribution is -2.33. The van der Waals surface area contributed by atoms with E-state index < -0.39 is 0 Å². The fourth-order valence-corrected chi connectivity index (χ4v) is 4.09. The first-order valence-electron chi connectivity index (χ1n) is 8.30. The average molecular weight is 389 g/mol. The van der Waals surface area contributed by atoms with Gasteiger partial charge in [-0.15, -0.1) is 0 Å². The summed E-state index contributed by atoms with van der Waals surface area (Å²) in [6.07, 6.45) is 1.55. The van der Waals surface area contributed by atoms with Gasteiger partial charge in [0.05, 0.1) is 5.75 Å². The molecule has 26 heavy (non-hydrogen) atoms. The van der Waals surface area contributed by atoms with E-state index in [2.05, 4.69) is 20.2 Å². The van der Waals surface area contributed by atoms with E-state index in [4.69, 9.17) is 0 Å². The Hall–Kier alpha value is -2.06. The average Bonchev–Trinajstić information content (AvgIpc) is 2.67. The van der Waals surface area contributed by atoms with Crippen LogP contribution in [0, 0.1) is 0 Å². The Morgan fingerprint density at radius 1 is 1.23 bits per heavy atom. The largest absolute Gasteiger partial charge is 0.355 e. The van der Waals surface area contributed by atoms with Crippen LogP contribution in [0.2, 0.25) is 0 Å². The lowest BCUT2D eigenvalue weighted by Gasteiger charge is -2.27. The van der Waals surface area contributed by atoms with Crippen molar-refractivity contribution in [2.24, 2.45) is 0 Å². The first kappa shape index (κ1) is 18.7. The predicted molar refractivity (Wildman–Crippen MR) is 107 cm³/mol. The molecule has 1 fully saturated rings. The zero-order valence-electron chi connectivity index (χ0n) is 14.5. The number of nitrogens with zero attached hydrogens (tertiary/aromatic N) is 3. The Morgan fingerprint density at radius 3 is 2.81 bits per heavy atom. The van der Waals surface area contributed by atoms with E-state index in [0.717, 1.165) is 35.4 Å². The zero-order valence-corrected chi connectivity index (χ0v) is 16.1. The van der Waals surface area contributed by atoms with Crippen LogP contribution in [-0.2, 0) is 4.79 Å². The number of carbonyl (C=O) groups excluding carboxylic acids is 2. The molecule has 0 atom stereocenters. The van der Waals surface area contributed by atoms with Crippen molar-refractivity contribution >= 4 is 46.7 Å². The van der Waals surface area contributed by atoms with Crippen LogP contribution in [0.25, 0.3) is 0 Å². The summed E-state index contributed by atoms with van der Waals surface area (Å²) in [5.41, 5.74) is 1.20. The molecule has 1 amide bonds. The molecule has 0 bridgehead atoms. The van der Waals surface area contributed by atoms with Gasteiger partial charge in [0.1, 0.15) is 17.2 Å². The molecule has 1 saturated heterocycles. The van der Waals surface area contributed by atoms with Crippen molar-refractivity contribution in [3.05, 3.63) is 42.2 Å². The van der Waals surface area contributed by atoms with Gasteiger partial charge in [-0.2, -0.15) is 11.8 Å². The van der Waals surface area contributed by atoms with Crippen molar-refractivity contribution in [3.8, 4) is 0 Å². The lowest BCUT2D eigenvalue weighted by molar-refractivity contribution is -0.113. The standard InChI is InChI=1S/C18H20N4O2S2/c1-13(23)14-3-2-4-15(9-14)21-17(24)11-26-18-10-16(19-12-20-18)22-5-7-25-8-6-22/h2-4,9-10,12H,5-8,11H2,1H3,(H,21,24). The summed E-state index contributed by atoms with van der Waals surface area (Å²) in [4.78, 5) is 34.4. The van der Waals surface area contributed by atoms with E-state index >= 15 is 0 Å². The molecule has 0 radical (unpaired) electrons. The van der Waals surface area contributed by atoms with Gasteiger partial charge < -0.3 is 10.2 Å². The van der Waals surface area contributed by atoms with Gasteiger partial charge in [-0.25, -0.2) is 9.97 Å².